The van der Waals surface area contributed by atoms with Crippen molar-refractivity contribution in [2.75, 3.05) is 7.11 Å². The number of methoxy groups -OCH3 is 1. The fourth-order valence-electron chi connectivity index (χ4n) is 2.56. The van der Waals surface area contributed by atoms with Crippen LogP contribution in [-0.2, 0) is 4.74 Å². The Bertz CT molecular complexity index is 201. The van der Waals surface area contributed by atoms with Crippen LogP contribution in [0.4, 0.5) is 0 Å². The molecule has 1 N–H and O–H groups in total. The van der Waals surface area contributed by atoms with Crippen LogP contribution in [0.2, 0.25) is 0 Å². The van der Waals surface area contributed by atoms with Crippen molar-refractivity contribution >= 4 is 0 Å². The van der Waals surface area contributed by atoms with Crippen LogP contribution in [0.5, 0.6) is 0 Å². The highest BCUT2D eigenvalue weighted by Crippen LogP contribution is 2.37. The van der Waals surface area contributed by atoms with Gasteiger partial charge in [0.1, 0.15) is 0 Å². The summed E-state index contributed by atoms with van der Waals surface area (Å²) in [5, 5.41) is 10.3. The van der Waals surface area contributed by atoms with Gasteiger partial charge in [-0.1, -0.05) is 20.3 Å². The molecule has 1 aliphatic carbocycles. The second-order valence-electron chi connectivity index (χ2n) is 5.78. The number of hydrogen-bond donors (Lipinski definition) is 1. The monoisotopic (exact) mass is 214 g/mol. The van der Waals surface area contributed by atoms with Crippen molar-refractivity contribution in [2.24, 2.45) is 17.8 Å². The first-order chi connectivity index (χ1) is 6.88. The van der Waals surface area contributed by atoms with Gasteiger partial charge in [0.05, 0.1) is 11.7 Å². The Hall–Kier alpha value is -0.0800. The third kappa shape index (κ3) is 2.94. The zero-order chi connectivity index (χ0) is 11.6. The molecule has 0 aromatic heterocycles. The van der Waals surface area contributed by atoms with Crippen molar-refractivity contribution < 1.29 is 9.84 Å². The van der Waals surface area contributed by atoms with Crippen LogP contribution in [-0.4, -0.2) is 23.9 Å². The van der Waals surface area contributed by atoms with E-state index in [1.807, 2.05) is 13.8 Å². The maximum atomic E-state index is 10.3. The van der Waals surface area contributed by atoms with Gasteiger partial charge in [0.2, 0.25) is 0 Å². The molecule has 0 saturated heterocycles. The molecule has 0 aliphatic heterocycles. The van der Waals surface area contributed by atoms with E-state index in [1.165, 1.54) is 6.42 Å². The first-order valence-electron chi connectivity index (χ1n) is 6.11. The molecular weight excluding hydrogens is 188 g/mol. The van der Waals surface area contributed by atoms with Gasteiger partial charge in [0, 0.05) is 7.11 Å². The molecule has 90 valence electrons. The third-order valence-corrected chi connectivity index (χ3v) is 4.32. The van der Waals surface area contributed by atoms with E-state index in [-0.39, 0.29) is 6.10 Å². The SMILES string of the molecule is COC(C)(C)C(O)C1CCC(C)C(C)C1. The molecule has 0 spiro atoms. The van der Waals surface area contributed by atoms with Gasteiger partial charge in [0.25, 0.3) is 0 Å². The van der Waals surface area contributed by atoms with Gasteiger partial charge in [0.15, 0.2) is 0 Å². The van der Waals surface area contributed by atoms with E-state index in [4.69, 9.17) is 4.74 Å². The minimum Gasteiger partial charge on any atom is -0.390 e. The van der Waals surface area contributed by atoms with Crippen molar-refractivity contribution in [3.05, 3.63) is 0 Å². The van der Waals surface area contributed by atoms with Gasteiger partial charge in [-0.3, -0.25) is 0 Å². The lowest BCUT2D eigenvalue weighted by Gasteiger charge is -2.40. The van der Waals surface area contributed by atoms with E-state index < -0.39 is 5.60 Å². The Balaban J connectivity index is 2.58. The van der Waals surface area contributed by atoms with Crippen LogP contribution < -0.4 is 0 Å². The number of rotatable bonds is 3. The minimum absolute atomic E-state index is 0.336. The predicted molar refractivity (Wildman–Crippen MR) is 62.8 cm³/mol. The molecule has 1 fully saturated rings. The summed E-state index contributed by atoms with van der Waals surface area (Å²) in [5.41, 5.74) is -0.412. The smallest absolute Gasteiger partial charge is 0.0883 e. The van der Waals surface area contributed by atoms with E-state index in [0.29, 0.717) is 5.92 Å². The second kappa shape index (κ2) is 4.84. The van der Waals surface area contributed by atoms with Gasteiger partial charge >= 0.3 is 0 Å². The number of hydrogen-bond acceptors (Lipinski definition) is 2. The zero-order valence-corrected chi connectivity index (χ0v) is 10.8. The van der Waals surface area contributed by atoms with Crippen molar-refractivity contribution in [3.63, 3.8) is 0 Å². The molecule has 4 unspecified atom stereocenters. The lowest BCUT2D eigenvalue weighted by Crippen LogP contribution is -2.45. The molecule has 0 bridgehead atoms. The molecule has 0 heterocycles. The summed E-state index contributed by atoms with van der Waals surface area (Å²) in [6.45, 7) is 8.55. The number of aliphatic hydroxyl groups is 1. The Kier molecular flexibility index (Phi) is 4.19. The van der Waals surface area contributed by atoms with Crippen molar-refractivity contribution in [1.29, 1.82) is 0 Å². The molecule has 0 amide bonds. The topological polar surface area (TPSA) is 29.5 Å². The molecule has 2 heteroatoms. The Morgan fingerprint density at radius 2 is 1.80 bits per heavy atom. The largest absolute Gasteiger partial charge is 0.390 e. The van der Waals surface area contributed by atoms with Gasteiger partial charge < -0.3 is 9.84 Å². The van der Waals surface area contributed by atoms with Crippen molar-refractivity contribution in [2.45, 2.75) is 58.7 Å². The molecule has 1 aliphatic rings. The molecular formula is C13H26O2. The highest BCUT2D eigenvalue weighted by molar-refractivity contribution is 4.88. The number of ether oxygens (including phenoxy) is 1. The normalized spacial score (nSPS) is 35.2. The van der Waals surface area contributed by atoms with E-state index in [1.54, 1.807) is 7.11 Å². The summed E-state index contributed by atoms with van der Waals surface area (Å²) < 4.78 is 5.36. The summed E-state index contributed by atoms with van der Waals surface area (Å²) in [6, 6.07) is 0. The fourth-order valence-corrected chi connectivity index (χ4v) is 2.56. The molecule has 1 saturated carbocycles. The predicted octanol–water partition coefficient (Wildman–Crippen LogP) is 2.84. The molecule has 15 heavy (non-hydrogen) atoms. The van der Waals surface area contributed by atoms with Gasteiger partial charge in [-0.15, -0.1) is 0 Å². The Morgan fingerprint density at radius 1 is 1.20 bits per heavy atom. The lowest BCUT2D eigenvalue weighted by atomic mass is 9.71. The average molecular weight is 214 g/mol. The summed E-state index contributed by atoms with van der Waals surface area (Å²) in [7, 11) is 1.68. The second-order valence-corrected chi connectivity index (χ2v) is 5.78. The van der Waals surface area contributed by atoms with Crippen LogP contribution >= 0.6 is 0 Å². The molecule has 0 aromatic rings. The molecule has 4 atom stereocenters. The zero-order valence-electron chi connectivity index (χ0n) is 10.8. The van der Waals surface area contributed by atoms with Crippen LogP contribution in [0.3, 0.4) is 0 Å². The maximum Gasteiger partial charge on any atom is 0.0883 e. The summed E-state index contributed by atoms with van der Waals surface area (Å²) in [5.74, 6) is 1.94. The molecule has 2 nitrogen and oxygen atoms in total. The van der Waals surface area contributed by atoms with Crippen molar-refractivity contribution in [1.82, 2.24) is 0 Å². The first-order valence-corrected chi connectivity index (χ1v) is 6.11. The van der Waals surface area contributed by atoms with Crippen LogP contribution in [0.1, 0.15) is 47.0 Å². The highest BCUT2D eigenvalue weighted by Gasteiger charge is 2.37. The molecule has 1 rings (SSSR count). The lowest BCUT2D eigenvalue weighted by molar-refractivity contribution is -0.111. The molecule has 0 radical (unpaired) electrons. The van der Waals surface area contributed by atoms with Crippen molar-refractivity contribution in [3.8, 4) is 0 Å². The van der Waals surface area contributed by atoms with Crippen LogP contribution in [0, 0.1) is 17.8 Å². The van der Waals surface area contributed by atoms with E-state index >= 15 is 0 Å². The quantitative estimate of drug-likeness (QED) is 0.783. The van der Waals surface area contributed by atoms with Crippen LogP contribution in [0.15, 0.2) is 0 Å². The standard InChI is InChI=1S/C13H26O2/c1-9-6-7-11(8-10(9)2)12(14)13(3,4)15-5/h9-12,14H,6-8H2,1-5H3. The number of aliphatic hydroxyl groups excluding tert-OH is 1. The Morgan fingerprint density at radius 3 is 2.27 bits per heavy atom. The molecule has 0 aromatic carbocycles. The summed E-state index contributed by atoms with van der Waals surface area (Å²) in [6.07, 6.45) is 3.18. The minimum atomic E-state index is -0.412. The summed E-state index contributed by atoms with van der Waals surface area (Å²) >= 11 is 0. The van der Waals surface area contributed by atoms with Gasteiger partial charge in [-0.2, -0.15) is 0 Å². The summed E-state index contributed by atoms with van der Waals surface area (Å²) in [4.78, 5) is 0. The fraction of sp³-hybridized carbons (Fsp3) is 1.00. The van der Waals surface area contributed by atoms with Gasteiger partial charge in [-0.05, 0) is 44.4 Å². The first kappa shape index (κ1) is 13.0. The Labute approximate surface area is 94.0 Å². The maximum absolute atomic E-state index is 10.3. The third-order valence-electron chi connectivity index (χ3n) is 4.32. The highest BCUT2D eigenvalue weighted by atomic mass is 16.5. The van der Waals surface area contributed by atoms with E-state index in [2.05, 4.69) is 13.8 Å². The van der Waals surface area contributed by atoms with Gasteiger partial charge in [-0.25, -0.2) is 0 Å². The van der Waals surface area contributed by atoms with Crippen LogP contribution in [0.25, 0.3) is 0 Å². The average Bonchev–Trinajstić information content (AvgIpc) is 2.21. The van der Waals surface area contributed by atoms with E-state index in [0.717, 1.165) is 24.7 Å². The van der Waals surface area contributed by atoms with E-state index in [9.17, 15) is 5.11 Å².